The Labute approximate surface area is 130 Å². The average Bonchev–Trinajstić information content (AvgIpc) is 2.98. The molecule has 0 atom stereocenters. The van der Waals surface area contributed by atoms with Gasteiger partial charge in [-0.1, -0.05) is 12.5 Å². The third-order valence-corrected chi connectivity index (χ3v) is 4.89. The Morgan fingerprint density at radius 2 is 2.14 bits per heavy atom. The van der Waals surface area contributed by atoms with E-state index >= 15 is 0 Å². The van der Waals surface area contributed by atoms with Gasteiger partial charge in [-0.3, -0.25) is 9.59 Å². The Hall–Kier alpha value is -2.04. The summed E-state index contributed by atoms with van der Waals surface area (Å²) in [6, 6.07) is 6.89. The lowest BCUT2D eigenvalue weighted by Crippen LogP contribution is -2.37. The summed E-state index contributed by atoms with van der Waals surface area (Å²) < 4.78 is 5.56. The summed E-state index contributed by atoms with van der Waals surface area (Å²) >= 11 is 0. The summed E-state index contributed by atoms with van der Waals surface area (Å²) in [5.74, 6) is 0.421. The van der Waals surface area contributed by atoms with Gasteiger partial charge in [0.15, 0.2) is 6.61 Å². The zero-order valence-corrected chi connectivity index (χ0v) is 12.9. The molecule has 118 valence electrons. The molecule has 1 aliphatic heterocycles. The van der Waals surface area contributed by atoms with Crippen molar-refractivity contribution in [1.82, 2.24) is 10.2 Å². The van der Waals surface area contributed by atoms with E-state index in [1.54, 1.807) is 31.3 Å². The number of nitrogens with zero attached hydrogens (tertiary/aromatic N) is 1. The van der Waals surface area contributed by atoms with Crippen molar-refractivity contribution in [3.05, 3.63) is 29.8 Å². The lowest BCUT2D eigenvalue weighted by atomic mass is 9.68. The van der Waals surface area contributed by atoms with Gasteiger partial charge >= 0.3 is 0 Å². The standard InChI is InChI=1S/C17H22N2O3/c1-18-16(21)13-4-2-5-14(10-13)22-11-15(20)19-9-8-17(12-19)6-3-7-17/h2,4-5,10H,3,6-9,11-12H2,1H3,(H,18,21). The second-order valence-corrected chi connectivity index (χ2v) is 6.31. The van der Waals surface area contributed by atoms with Crippen molar-refractivity contribution in [2.24, 2.45) is 5.41 Å². The van der Waals surface area contributed by atoms with E-state index in [4.69, 9.17) is 4.74 Å². The molecule has 0 aromatic heterocycles. The molecule has 22 heavy (non-hydrogen) atoms. The normalized spacial score (nSPS) is 18.9. The summed E-state index contributed by atoms with van der Waals surface area (Å²) in [5, 5.41) is 2.57. The van der Waals surface area contributed by atoms with Gasteiger partial charge in [0.05, 0.1) is 0 Å². The first kappa shape index (κ1) is 14.9. The minimum atomic E-state index is -0.164. The molecule has 1 spiro atoms. The molecule has 2 aliphatic rings. The number of carbonyl (C=O) groups is 2. The van der Waals surface area contributed by atoms with Gasteiger partial charge in [-0.15, -0.1) is 0 Å². The van der Waals surface area contributed by atoms with Gasteiger partial charge in [0.25, 0.3) is 11.8 Å². The Kier molecular flexibility index (Phi) is 4.05. The first-order valence-electron chi connectivity index (χ1n) is 7.85. The van der Waals surface area contributed by atoms with Crippen LogP contribution in [0.5, 0.6) is 5.75 Å². The number of hydrogen-bond donors (Lipinski definition) is 1. The molecule has 2 amide bonds. The molecule has 2 fully saturated rings. The Morgan fingerprint density at radius 3 is 2.77 bits per heavy atom. The van der Waals surface area contributed by atoms with E-state index in [-0.39, 0.29) is 18.4 Å². The van der Waals surface area contributed by atoms with Gasteiger partial charge in [-0.25, -0.2) is 0 Å². The third kappa shape index (κ3) is 2.93. The smallest absolute Gasteiger partial charge is 0.260 e. The quantitative estimate of drug-likeness (QED) is 0.923. The number of benzene rings is 1. The average molecular weight is 302 g/mol. The number of rotatable bonds is 4. The number of likely N-dealkylation sites (tertiary alicyclic amines) is 1. The number of amides is 2. The number of ether oxygens (including phenoxy) is 1. The first-order chi connectivity index (χ1) is 10.6. The largest absolute Gasteiger partial charge is 0.484 e. The maximum atomic E-state index is 12.2. The van der Waals surface area contributed by atoms with Crippen LogP contribution in [0, 0.1) is 5.41 Å². The van der Waals surface area contributed by atoms with E-state index in [1.807, 2.05) is 4.90 Å². The van der Waals surface area contributed by atoms with Crippen molar-refractivity contribution in [3.8, 4) is 5.75 Å². The topological polar surface area (TPSA) is 58.6 Å². The van der Waals surface area contributed by atoms with Crippen LogP contribution in [0.2, 0.25) is 0 Å². The van der Waals surface area contributed by atoms with Crippen LogP contribution < -0.4 is 10.1 Å². The van der Waals surface area contributed by atoms with Crippen molar-refractivity contribution < 1.29 is 14.3 Å². The van der Waals surface area contributed by atoms with Crippen molar-refractivity contribution >= 4 is 11.8 Å². The number of hydrogen-bond acceptors (Lipinski definition) is 3. The second kappa shape index (κ2) is 5.99. The fourth-order valence-electron chi connectivity index (χ4n) is 3.34. The van der Waals surface area contributed by atoms with Crippen molar-refractivity contribution in [1.29, 1.82) is 0 Å². The van der Waals surface area contributed by atoms with Gasteiger partial charge in [-0.2, -0.15) is 0 Å². The van der Waals surface area contributed by atoms with Gasteiger partial charge < -0.3 is 15.0 Å². The predicted octanol–water partition coefficient (Wildman–Crippen LogP) is 1.83. The van der Waals surface area contributed by atoms with E-state index < -0.39 is 0 Å². The van der Waals surface area contributed by atoms with Crippen LogP contribution in [-0.4, -0.2) is 43.5 Å². The zero-order chi connectivity index (χ0) is 15.6. The highest BCUT2D eigenvalue weighted by atomic mass is 16.5. The highest BCUT2D eigenvalue weighted by molar-refractivity contribution is 5.94. The van der Waals surface area contributed by atoms with E-state index in [1.165, 1.54) is 19.3 Å². The van der Waals surface area contributed by atoms with E-state index in [2.05, 4.69) is 5.32 Å². The predicted molar refractivity (Wildman–Crippen MR) is 82.8 cm³/mol. The molecule has 1 saturated carbocycles. The van der Waals surface area contributed by atoms with Crippen LogP contribution in [0.1, 0.15) is 36.0 Å². The van der Waals surface area contributed by atoms with Crippen molar-refractivity contribution in [2.45, 2.75) is 25.7 Å². The van der Waals surface area contributed by atoms with Crippen molar-refractivity contribution in [2.75, 3.05) is 26.7 Å². The summed E-state index contributed by atoms with van der Waals surface area (Å²) in [6.07, 6.45) is 4.94. The van der Waals surface area contributed by atoms with Crippen LogP contribution in [0.4, 0.5) is 0 Å². The fourth-order valence-corrected chi connectivity index (χ4v) is 3.34. The van der Waals surface area contributed by atoms with E-state index in [0.29, 0.717) is 16.7 Å². The number of carbonyl (C=O) groups excluding carboxylic acids is 2. The maximum absolute atomic E-state index is 12.2. The van der Waals surface area contributed by atoms with Crippen LogP contribution in [0.3, 0.4) is 0 Å². The molecule has 1 aromatic carbocycles. The van der Waals surface area contributed by atoms with Gasteiger partial charge in [-0.05, 0) is 42.9 Å². The van der Waals surface area contributed by atoms with Crippen LogP contribution >= 0.6 is 0 Å². The molecule has 0 radical (unpaired) electrons. The highest BCUT2D eigenvalue weighted by Gasteiger charge is 2.43. The molecule has 0 unspecified atom stereocenters. The second-order valence-electron chi connectivity index (χ2n) is 6.31. The number of nitrogens with one attached hydrogen (secondary N) is 1. The molecule has 3 rings (SSSR count). The molecule has 1 saturated heterocycles. The summed E-state index contributed by atoms with van der Waals surface area (Å²) in [4.78, 5) is 25.7. The summed E-state index contributed by atoms with van der Waals surface area (Å²) in [7, 11) is 1.59. The fraction of sp³-hybridized carbons (Fsp3) is 0.529. The zero-order valence-electron chi connectivity index (χ0n) is 12.9. The highest BCUT2D eigenvalue weighted by Crippen LogP contribution is 2.47. The molecule has 5 nitrogen and oxygen atoms in total. The summed E-state index contributed by atoms with van der Waals surface area (Å²) in [6.45, 7) is 1.77. The lowest BCUT2D eigenvalue weighted by molar-refractivity contribution is -0.133. The van der Waals surface area contributed by atoms with Crippen LogP contribution in [0.25, 0.3) is 0 Å². The van der Waals surface area contributed by atoms with Gasteiger partial charge in [0.1, 0.15) is 5.75 Å². The van der Waals surface area contributed by atoms with Gasteiger partial charge in [0.2, 0.25) is 0 Å². The summed E-state index contributed by atoms with van der Waals surface area (Å²) in [5.41, 5.74) is 0.941. The molecular weight excluding hydrogens is 280 g/mol. The Morgan fingerprint density at radius 1 is 1.32 bits per heavy atom. The molecular formula is C17H22N2O3. The van der Waals surface area contributed by atoms with E-state index in [0.717, 1.165) is 19.5 Å². The molecule has 1 aromatic rings. The molecule has 1 heterocycles. The molecule has 0 bridgehead atoms. The third-order valence-electron chi connectivity index (χ3n) is 4.89. The monoisotopic (exact) mass is 302 g/mol. The SMILES string of the molecule is CNC(=O)c1cccc(OCC(=O)N2CCC3(CCC3)C2)c1. The van der Waals surface area contributed by atoms with Crippen molar-refractivity contribution in [3.63, 3.8) is 0 Å². The lowest BCUT2D eigenvalue weighted by Gasteiger charge is -2.37. The van der Waals surface area contributed by atoms with Crippen LogP contribution in [-0.2, 0) is 4.79 Å². The first-order valence-corrected chi connectivity index (χ1v) is 7.85. The maximum Gasteiger partial charge on any atom is 0.260 e. The minimum absolute atomic E-state index is 0.0350. The van der Waals surface area contributed by atoms with Gasteiger partial charge in [0, 0.05) is 25.7 Å². The molecule has 1 aliphatic carbocycles. The van der Waals surface area contributed by atoms with E-state index in [9.17, 15) is 9.59 Å². The molecule has 1 N–H and O–H groups in total. The molecule has 5 heteroatoms. The minimum Gasteiger partial charge on any atom is -0.484 e. The Balaban J connectivity index is 1.54. The Bertz CT molecular complexity index is 581. The van der Waals surface area contributed by atoms with Crippen LogP contribution in [0.15, 0.2) is 24.3 Å².